The molecule has 0 spiro atoms. The fourth-order valence-electron chi connectivity index (χ4n) is 3.54. The van der Waals surface area contributed by atoms with Gasteiger partial charge in [0, 0.05) is 30.4 Å². The van der Waals surface area contributed by atoms with Gasteiger partial charge >= 0.3 is 6.03 Å². The van der Waals surface area contributed by atoms with Crippen molar-refractivity contribution < 1.29 is 9.59 Å². The maximum Gasteiger partial charge on any atom is 0.323 e. The number of halogens is 2. The maximum absolute atomic E-state index is 12.7. The molecule has 1 saturated heterocycles. The van der Waals surface area contributed by atoms with Gasteiger partial charge in [0.2, 0.25) is 0 Å². The minimum absolute atomic E-state index is 0.115. The topological polar surface area (TPSA) is 73.5 Å². The molecule has 1 saturated carbocycles. The average molecular weight is 447 g/mol. The number of benzene rings is 2. The van der Waals surface area contributed by atoms with Crippen LogP contribution < -0.4 is 20.9 Å². The van der Waals surface area contributed by atoms with Crippen LogP contribution in [0.5, 0.6) is 0 Å². The third-order valence-electron chi connectivity index (χ3n) is 5.29. The summed E-state index contributed by atoms with van der Waals surface area (Å²) in [5.41, 5.74) is 2.59. The van der Waals surface area contributed by atoms with E-state index in [1.165, 1.54) is 6.42 Å². The molecule has 1 heterocycles. The molecular weight excluding hydrogens is 423 g/mol. The molecule has 2 fully saturated rings. The average Bonchev–Trinajstić information content (AvgIpc) is 3.55. The fourth-order valence-corrected chi connectivity index (χ4v) is 3.84. The van der Waals surface area contributed by atoms with Crippen molar-refractivity contribution in [2.24, 2.45) is 0 Å². The van der Waals surface area contributed by atoms with Crippen molar-refractivity contribution in [2.75, 3.05) is 28.6 Å². The molecule has 6 nitrogen and oxygen atoms in total. The lowest BCUT2D eigenvalue weighted by atomic mass is 10.1. The van der Waals surface area contributed by atoms with Crippen molar-refractivity contribution in [3.63, 3.8) is 0 Å². The number of hydrogen-bond acceptors (Lipinski definition) is 3. The summed E-state index contributed by atoms with van der Waals surface area (Å²) < 4.78 is 0. The van der Waals surface area contributed by atoms with Crippen molar-refractivity contribution in [2.45, 2.75) is 38.1 Å². The molecule has 30 heavy (non-hydrogen) atoms. The third-order valence-corrected chi connectivity index (χ3v) is 6.03. The number of urea groups is 1. The molecule has 1 aliphatic heterocycles. The second kappa shape index (κ2) is 9.14. The molecule has 2 aromatic carbocycles. The predicted molar refractivity (Wildman–Crippen MR) is 122 cm³/mol. The van der Waals surface area contributed by atoms with E-state index in [1.54, 1.807) is 24.3 Å². The highest BCUT2D eigenvalue weighted by Gasteiger charge is 2.25. The molecule has 1 aliphatic carbocycles. The molecular formula is C22H24Cl2N4O2. The Labute approximate surface area is 185 Å². The lowest BCUT2D eigenvalue weighted by Gasteiger charge is -2.30. The SMILES string of the molecule is O=C(Nc1ccc(Cl)c(Cl)c1)Nc1cc(C(=O)NC2CC2)ccc1N1CCCCC1. The first kappa shape index (κ1) is 20.8. The van der Waals surface area contributed by atoms with E-state index < -0.39 is 6.03 Å². The number of anilines is 3. The number of nitrogens with one attached hydrogen (secondary N) is 3. The first-order chi connectivity index (χ1) is 14.5. The van der Waals surface area contributed by atoms with Gasteiger partial charge in [-0.3, -0.25) is 4.79 Å². The van der Waals surface area contributed by atoms with Gasteiger partial charge in [0.1, 0.15) is 0 Å². The van der Waals surface area contributed by atoms with Gasteiger partial charge in [-0.25, -0.2) is 4.79 Å². The Bertz CT molecular complexity index is 956. The summed E-state index contributed by atoms with van der Waals surface area (Å²) in [6.45, 7) is 1.85. The second-order valence-electron chi connectivity index (χ2n) is 7.74. The van der Waals surface area contributed by atoms with Gasteiger partial charge < -0.3 is 20.9 Å². The smallest absolute Gasteiger partial charge is 0.323 e. The Morgan fingerprint density at radius 2 is 1.67 bits per heavy atom. The van der Waals surface area contributed by atoms with E-state index in [2.05, 4.69) is 20.9 Å². The number of piperidine rings is 1. The van der Waals surface area contributed by atoms with E-state index in [0.717, 1.165) is 44.5 Å². The summed E-state index contributed by atoms with van der Waals surface area (Å²) in [6.07, 6.45) is 5.47. The van der Waals surface area contributed by atoms with E-state index in [9.17, 15) is 9.59 Å². The summed E-state index contributed by atoms with van der Waals surface area (Å²) in [5, 5.41) is 9.45. The molecule has 0 aromatic heterocycles. The van der Waals surface area contributed by atoms with Gasteiger partial charge in [-0.05, 0) is 68.5 Å². The molecule has 4 rings (SSSR count). The Morgan fingerprint density at radius 1 is 0.900 bits per heavy atom. The number of carbonyl (C=O) groups is 2. The predicted octanol–water partition coefficient (Wildman–Crippen LogP) is 5.52. The minimum Gasteiger partial charge on any atom is -0.370 e. The monoisotopic (exact) mass is 446 g/mol. The van der Waals surface area contributed by atoms with Crippen molar-refractivity contribution in [3.8, 4) is 0 Å². The third kappa shape index (κ3) is 5.18. The minimum atomic E-state index is -0.411. The summed E-state index contributed by atoms with van der Waals surface area (Å²) in [4.78, 5) is 27.4. The van der Waals surface area contributed by atoms with Gasteiger partial charge in [0.05, 0.1) is 21.4 Å². The molecule has 2 aliphatic rings. The van der Waals surface area contributed by atoms with Gasteiger partial charge in [-0.1, -0.05) is 23.2 Å². The molecule has 0 bridgehead atoms. The van der Waals surface area contributed by atoms with Crippen molar-refractivity contribution >= 4 is 52.2 Å². The van der Waals surface area contributed by atoms with Crippen LogP contribution in [0.3, 0.4) is 0 Å². The zero-order chi connectivity index (χ0) is 21.1. The zero-order valence-corrected chi connectivity index (χ0v) is 18.0. The molecule has 2 aromatic rings. The molecule has 0 radical (unpaired) electrons. The van der Waals surface area contributed by atoms with Crippen LogP contribution in [0.1, 0.15) is 42.5 Å². The highest BCUT2D eigenvalue weighted by molar-refractivity contribution is 6.42. The molecule has 3 amide bonds. The highest BCUT2D eigenvalue weighted by atomic mass is 35.5. The van der Waals surface area contributed by atoms with Crippen molar-refractivity contribution in [1.29, 1.82) is 0 Å². The second-order valence-corrected chi connectivity index (χ2v) is 8.55. The van der Waals surface area contributed by atoms with Crippen LogP contribution in [-0.4, -0.2) is 31.1 Å². The molecule has 0 unspecified atom stereocenters. The van der Waals surface area contributed by atoms with Gasteiger partial charge in [0.15, 0.2) is 0 Å². The van der Waals surface area contributed by atoms with E-state index in [-0.39, 0.29) is 11.9 Å². The summed E-state index contributed by atoms with van der Waals surface area (Å²) >= 11 is 12.0. The molecule has 8 heteroatoms. The zero-order valence-electron chi connectivity index (χ0n) is 16.5. The highest BCUT2D eigenvalue weighted by Crippen LogP contribution is 2.31. The van der Waals surface area contributed by atoms with Crippen LogP contribution in [0.15, 0.2) is 36.4 Å². The lowest BCUT2D eigenvalue weighted by Crippen LogP contribution is -2.31. The number of rotatable bonds is 5. The van der Waals surface area contributed by atoms with Crippen LogP contribution in [-0.2, 0) is 0 Å². The summed E-state index contributed by atoms with van der Waals surface area (Å²) in [7, 11) is 0. The van der Waals surface area contributed by atoms with Gasteiger partial charge in [-0.2, -0.15) is 0 Å². The Hall–Kier alpha value is -2.44. The van der Waals surface area contributed by atoms with E-state index in [0.29, 0.717) is 27.0 Å². The molecule has 158 valence electrons. The molecule has 3 N–H and O–H groups in total. The maximum atomic E-state index is 12.7. The Balaban J connectivity index is 1.54. The van der Waals surface area contributed by atoms with Crippen molar-refractivity contribution in [1.82, 2.24) is 5.32 Å². The Kier molecular flexibility index (Phi) is 6.35. The fraction of sp³-hybridized carbons (Fsp3) is 0.364. The number of carbonyl (C=O) groups excluding carboxylic acids is 2. The van der Waals surface area contributed by atoms with Crippen LogP contribution in [0.4, 0.5) is 21.9 Å². The number of hydrogen-bond donors (Lipinski definition) is 3. The Morgan fingerprint density at radius 3 is 2.37 bits per heavy atom. The quantitative estimate of drug-likeness (QED) is 0.565. The van der Waals surface area contributed by atoms with E-state index in [4.69, 9.17) is 23.2 Å². The standard InChI is InChI=1S/C22H24Cl2N4O2/c23-17-8-7-16(13-18(17)24)26-22(30)27-19-12-14(21(29)25-15-5-6-15)4-9-20(19)28-10-2-1-3-11-28/h4,7-9,12-13,15H,1-3,5-6,10-11H2,(H,25,29)(H2,26,27,30). The van der Waals surface area contributed by atoms with Crippen LogP contribution in [0.2, 0.25) is 10.0 Å². The van der Waals surface area contributed by atoms with Crippen LogP contribution >= 0.6 is 23.2 Å². The summed E-state index contributed by atoms with van der Waals surface area (Å²) in [5.74, 6) is -0.115. The van der Waals surface area contributed by atoms with Gasteiger partial charge in [-0.15, -0.1) is 0 Å². The molecule has 0 atom stereocenters. The largest absolute Gasteiger partial charge is 0.370 e. The van der Waals surface area contributed by atoms with Gasteiger partial charge in [0.25, 0.3) is 5.91 Å². The van der Waals surface area contributed by atoms with Crippen molar-refractivity contribution in [3.05, 3.63) is 52.0 Å². The lowest BCUT2D eigenvalue weighted by molar-refractivity contribution is 0.0951. The van der Waals surface area contributed by atoms with Crippen LogP contribution in [0.25, 0.3) is 0 Å². The first-order valence-electron chi connectivity index (χ1n) is 10.2. The van der Waals surface area contributed by atoms with E-state index >= 15 is 0 Å². The normalized spacial score (nSPS) is 16.1. The number of amides is 3. The van der Waals surface area contributed by atoms with Crippen LogP contribution in [0, 0.1) is 0 Å². The number of nitrogens with zero attached hydrogens (tertiary/aromatic N) is 1. The summed E-state index contributed by atoms with van der Waals surface area (Å²) in [6, 6.07) is 10.2. The van der Waals surface area contributed by atoms with E-state index in [1.807, 2.05) is 12.1 Å². The first-order valence-corrected chi connectivity index (χ1v) is 11.0.